The van der Waals surface area contributed by atoms with E-state index in [4.69, 9.17) is 9.47 Å². The molecule has 0 spiro atoms. The molecule has 0 bridgehead atoms. The van der Waals surface area contributed by atoms with Gasteiger partial charge in [0.15, 0.2) is 0 Å². The Balaban J connectivity index is 1.59. The number of hydrogen-bond acceptors (Lipinski definition) is 7. The second kappa shape index (κ2) is 10.1. The van der Waals surface area contributed by atoms with Crippen LogP contribution in [0.2, 0.25) is 0 Å². The molecule has 1 fully saturated rings. The summed E-state index contributed by atoms with van der Waals surface area (Å²) in [6.07, 6.45) is 5.77. The first-order valence-electron chi connectivity index (χ1n) is 12.1. The Morgan fingerprint density at radius 2 is 1.76 bits per heavy atom. The summed E-state index contributed by atoms with van der Waals surface area (Å²) in [7, 11) is -3.08. The van der Waals surface area contributed by atoms with Gasteiger partial charge in [-0.2, -0.15) is 0 Å². The minimum absolute atomic E-state index is 0.0102. The fourth-order valence-corrected chi connectivity index (χ4v) is 5.78. The number of aromatic nitrogens is 3. The normalized spacial score (nSPS) is 14.1. The zero-order valence-electron chi connectivity index (χ0n) is 21.1. The topological polar surface area (TPSA) is 103 Å². The van der Waals surface area contributed by atoms with Crippen molar-refractivity contribution in [2.45, 2.75) is 50.5 Å². The van der Waals surface area contributed by atoms with Gasteiger partial charge < -0.3 is 9.47 Å². The highest BCUT2D eigenvalue weighted by atomic mass is 32.2. The van der Waals surface area contributed by atoms with E-state index in [1.807, 2.05) is 26.0 Å². The molecule has 4 aromatic rings. The summed E-state index contributed by atoms with van der Waals surface area (Å²) < 4.78 is 67.5. The molecule has 1 aliphatic rings. The molecule has 0 saturated heterocycles. The number of halogens is 2. The summed E-state index contributed by atoms with van der Waals surface area (Å²) in [4.78, 5) is 12.7. The number of rotatable bonds is 7. The van der Waals surface area contributed by atoms with Crippen LogP contribution in [0.25, 0.3) is 22.0 Å². The van der Waals surface area contributed by atoms with Gasteiger partial charge in [-0.25, -0.2) is 32.2 Å². The third-order valence-electron chi connectivity index (χ3n) is 6.47. The van der Waals surface area contributed by atoms with Crippen molar-refractivity contribution >= 4 is 26.6 Å². The summed E-state index contributed by atoms with van der Waals surface area (Å²) in [6, 6.07) is 7.53. The Hall–Kier alpha value is -3.86. The highest BCUT2D eigenvalue weighted by Crippen LogP contribution is 2.37. The van der Waals surface area contributed by atoms with E-state index in [0.717, 1.165) is 48.9 Å². The minimum atomic E-state index is -4.42. The highest BCUT2D eigenvalue weighted by Gasteiger charge is 2.23. The fraction of sp³-hybridized carbons (Fsp3) is 0.296. The first-order valence-corrected chi connectivity index (χ1v) is 13.6. The Morgan fingerprint density at radius 3 is 2.47 bits per heavy atom. The van der Waals surface area contributed by atoms with Crippen molar-refractivity contribution in [2.24, 2.45) is 0 Å². The van der Waals surface area contributed by atoms with Crippen LogP contribution < -0.4 is 14.2 Å². The van der Waals surface area contributed by atoms with Gasteiger partial charge in [0.1, 0.15) is 39.3 Å². The van der Waals surface area contributed by atoms with Crippen molar-refractivity contribution in [3.63, 3.8) is 0 Å². The lowest BCUT2D eigenvalue weighted by atomic mass is 10.0. The van der Waals surface area contributed by atoms with Crippen molar-refractivity contribution in [2.75, 3.05) is 11.8 Å². The van der Waals surface area contributed by atoms with Crippen molar-refractivity contribution < 1.29 is 26.7 Å². The molecule has 1 saturated carbocycles. The number of sulfonamides is 1. The van der Waals surface area contributed by atoms with Crippen LogP contribution in [0.5, 0.6) is 11.6 Å². The maximum Gasteiger partial charge on any atom is 0.264 e. The molecule has 0 atom stereocenters. The quantitative estimate of drug-likeness (QED) is 0.320. The van der Waals surface area contributed by atoms with Gasteiger partial charge in [0.05, 0.1) is 13.2 Å². The van der Waals surface area contributed by atoms with Crippen molar-refractivity contribution in [3.05, 3.63) is 65.7 Å². The molecule has 5 rings (SSSR count). The number of nitrogens with one attached hydrogen (secondary N) is 1. The second-order valence-electron chi connectivity index (χ2n) is 9.21. The van der Waals surface area contributed by atoms with Crippen molar-refractivity contribution in [1.82, 2.24) is 15.0 Å². The predicted molar refractivity (Wildman–Crippen MR) is 139 cm³/mol. The second-order valence-corrected chi connectivity index (χ2v) is 10.9. The Bertz CT molecular complexity index is 1640. The molecule has 2 aromatic carbocycles. The van der Waals surface area contributed by atoms with E-state index in [2.05, 4.69) is 19.7 Å². The van der Waals surface area contributed by atoms with Crippen LogP contribution in [0.1, 0.15) is 37.2 Å². The van der Waals surface area contributed by atoms with E-state index < -0.39 is 26.6 Å². The lowest BCUT2D eigenvalue weighted by Gasteiger charge is -2.18. The number of nitrogens with zero attached hydrogens (tertiary/aromatic N) is 3. The zero-order chi connectivity index (χ0) is 27.0. The van der Waals surface area contributed by atoms with Gasteiger partial charge in [-0.15, -0.1) is 0 Å². The Kier molecular flexibility index (Phi) is 6.87. The molecule has 1 aliphatic carbocycles. The molecule has 1 N–H and O–H groups in total. The maximum absolute atomic E-state index is 14.3. The van der Waals surface area contributed by atoms with Gasteiger partial charge in [-0.05, 0) is 75.4 Å². The molecule has 0 radical (unpaired) electrons. The average Bonchev–Trinajstić information content (AvgIpc) is 3.37. The zero-order valence-corrected chi connectivity index (χ0v) is 21.9. The molecule has 0 unspecified atom stereocenters. The molecule has 0 amide bonds. The molecule has 38 heavy (non-hydrogen) atoms. The summed E-state index contributed by atoms with van der Waals surface area (Å²) in [5, 5.41) is 0.799. The predicted octanol–water partition coefficient (Wildman–Crippen LogP) is 5.72. The molecule has 11 heteroatoms. The summed E-state index contributed by atoms with van der Waals surface area (Å²) in [6.45, 7) is 3.72. The average molecular weight is 541 g/mol. The van der Waals surface area contributed by atoms with Gasteiger partial charge >= 0.3 is 0 Å². The van der Waals surface area contributed by atoms with E-state index >= 15 is 0 Å². The number of ether oxygens (including phenoxy) is 2. The third-order valence-corrected chi connectivity index (χ3v) is 7.87. The van der Waals surface area contributed by atoms with Crippen LogP contribution >= 0.6 is 0 Å². The van der Waals surface area contributed by atoms with Crippen LogP contribution in [-0.4, -0.2) is 36.6 Å². The Labute approximate surface area is 219 Å². The van der Waals surface area contributed by atoms with E-state index in [0.29, 0.717) is 34.3 Å². The number of aryl methyl sites for hydroxylation is 2. The van der Waals surface area contributed by atoms with Crippen molar-refractivity contribution in [1.29, 1.82) is 0 Å². The summed E-state index contributed by atoms with van der Waals surface area (Å²) >= 11 is 0. The van der Waals surface area contributed by atoms with Gasteiger partial charge in [0.25, 0.3) is 10.0 Å². The number of pyridine rings is 1. The van der Waals surface area contributed by atoms with E-state index in [-0.39, 0.29) is 17.7 Å². The molecule has 198 valence electrons. The molecule has 0 aliphatic heterocycles. The van der Waals surface area contributed by atoms with Gasteiger partial charge in [0.2, 0.25) is 5.88 Å². The van der Waals surface area contributed by atoms with Crippen molar-refractivity contribution in [3.8, 4) is 22.8 Å². The SMILES string of the molecule is COc1ncc(-c2cc(OC3CCCC3)c3nc(C)nc(C)c3c2)cc1NS(=O)(=O)c1ccc(F)cc1F. The minimum Gasteiger partial charge on any atom is -0.488 e. The lowest BCUT2D eigenvalue weighted by molar-refractivity contribution is 0.212. The number of fused-ring (bicyclic) bond motifs is 1. The van der Waals surface area contributed by atoms with E-state index in [9.17, 15) is 17.2 Å². The monoisotopic (exact) mass is 540 g/mol. The number of methoxy groups -OCH3 is 1. The van der Waals surface area contributed by atoms with E-state index in [1.165, 1.54) is 13.2 Å². The molecule has 8 nitrogen and oxygen atoms in total. The fourth-order valence-electron chi connectivity index (χ4n) is 4.67. The number of anilines is 1. The van der Waals surface area contributed by atoms with Gasteiger partial charge in [0, 0.05) is 28.9 Å². The van der Waals surface area contributed by atoms with Crippen LogP contribution in [0.15, 0.2) is 47.5 Å². The molecule has 2 heterocycles. The first kappa shape index (κ1) is 25.8. The highest BCUT2D eigenvalue weighted by molar-refractivity contribution is 7.92. The van der Waals surface area contributed by atoms with Crippen LogP contribution in [-0.2, 0) is 10.0 Å². The van der Waals surface area contributed by atoms with E-state index in [1.54, 1.807) is 6.20 Å². The molecular formula is C27H26F2N4O4S. The summed E-state index contributed by atoms with van der Waals surface area (Å²) in [5.74, 6) is -0.865. The van der Waals surface area contributed by atoms with Gasteiger partial charge in [-0.3, -0.25) is 4.72 Å². The molecule has 2 aromatic heterocycles. The Morgan fingerprint density at radius 1 is 1.00 bits per heavy atom. The van der Waals surface area contributed by atoms with Gasteiger partial charge in [-0.1, -0.05) is 0 Å². The largest absolute Gasteiger partial charge is 0.488 e. The van der Waals surface area contributed by atoms with Crippen LogP contribution in [0.4, 0.5) is 14.5 Å². The van der Waals surface area contributed by atoms with Crippen LogP contribution in [0, 0.1) is 25.5 Å². The maximum atomic E-state index is 14.3. The standard InChI is InChI=1S/C27H26F2N4O4S/c1-15-21-10-17(12-24(26(21)32-16(2)31-15)37-20-6-4-5-7-20)18-11-23(27(36-3)30-14-18)33-38(34,35)25-9-8-19(28)13-22(25)29/h8-14,20,33H,4-7H2,1-3H3. The summed E-state index contributed by atoms with van der Waals surface area (Å²) in [5.41, 5.74) is 2.73. The number of hydrogen-bond donors (Lipinski definition) is 1. The number of benzene rings is 2. The van der Waals surface area contributed by atoms with Crippen LogP contribution in [0.3, 0.4) is 0 Å². The smallest absolute Gasteiger partial charge is 0.264 e. The lowest BCUT2D eigenvalue weighted by Crippen LogP contribution is -2.16. The molecular weight excluding hydrogens is 514 g/mol. The third kappa shape index (κ3) is 5.10. The first-order chi connectivity index (χ1) is 18.1.